The summed E-state index contributed by atoms with van der Waals surface area (Å²) in [6.45, 7) is 13.3. The fourth-order valence-corrected chi connectivity index (χ4v) is 2.93. The van der Waals surface area contributed by atoms with E-state index in [-0.39, 0.29) is 0 Å². The van der Waals surface area contributed by atoms with Gasteiger partial charge in [-0.1, -0.05) is 20.8 Å². The molecule has 0 aromatic carbocycles. The highest BCUT2D eigenvalue weighted by Gasteiger charge is 2.24. The van der Waals surface area contributed by atoms with Crippen molar-refractivity contribution in [1.82, 2.24) is 10.3 Å². The van der Waals surface area contributed by atoms with Gasteiger partial charge in [-0.15, -0.1) is 0 Å². The Morgan fingerprint density at radius 1 is 1.30 bits per heavy atom. The molecule has 0 atom stereocenters. The molecule has 20 heavy (non-hydrogen) atoms. The number of anilines is 1. The third-order valence-corrected chi connectivity index (χ3v) is 4.34. The summed E-state index contributed by atoms with van der Waals surface area (Å²) in [6, 6.07) is 2.25. The van der Waals surface area contributed by atoms with Gasteiger partial charge in [0, 0.05) is 42.8 Å². The number of pyridine rings is 1. The summed E-state index contributed by atoms with van der Waals surface area (Å²) in [6.07, 6.45) is 5.93. The van der Waals surface area contributed by atoms with Gasteiger partial charge >= 0.3 is 0 Å². The van der Waals surface area contributed by atoms with Crippen LogP contribution < -0.4 is 10.2 Å². The van der Waals surface area contributed by atoms with Gasteiger partial charge in [0.2, 0.25) is 0 Å². The second kappa shape index (κ2) is 6.57. The molecule has 0 unspecified atom stereocenters. The van der Waals surface area contributed by atoms with E-state index in [2.05, 4.69) is 49.0 Å². The van der Waals surface area contributed by atoms with E-state index in [1.54, 1.807) is 0 Å². The van der Waals surface area contributed by atoms with Crippen LogP contribution in [0, 0.1) is 12.3 Å². The van der Waals surface area contributed by atoms with Gasteiger partial charge < -0.3 is 10.2 Å². The van der Waals surface area contributed by atoms with E-state index in [0.29, 0.717) is 5.41 Å². The van der Waals surface area contributed by atoms with E-state index >= 15 is 0 Å². The predicted octanol–water partition coefficient (Wildman–Crippen LogP) is 3.52. The molecular formula is C17H29N3. The van der Waals surface area contributed by atoms with E-state index in [1.165, 1.54) is 37.1 Å². The first-order valence-corrected chi connectivity index (χ1v) is 7.93. The highest BCUT2D eigenvalue weighted by atomic mass is 15.1. The number of aromatic nitrogens is 1. The molecular weight excluding hydrogens is 246 g/mol. The zero-order valence-electron chi connectivity index (χ0n) is 13.5. The maximum absolute atomic E-state index is 4.47. The summed E-state index contributed by atoms with van der Waals surface area (Å²) in [5, 5.41) is 3.43. The lowest BCUT2D eigenvalue weighted by molar-refractivity contribution is 0.325. The van der Waals surface area contributed by atoms with Gasteiger partial charge in [0.1, 0.15) is 0 Å². The Labute approximate surface area is 123 Å². The third-order valence-electron chi connectivity index (χ3n) is 4.34. The fourth-order valence-electron chi connectivity index (χ4n) is 2.93. The minimum Gasteiger partial charge on any atom is -0.371 e. The number of hydrogen-bond acceptors (Lipinski definition) is 3. The maximum atomic E-state index is 4.47. The second-order valence-electron chi connectivity index (χ2n) is 6.74. The van der Waals surface area contributed by atoms with E-state index in [4.69, 9.17) is 0 Å². The highest BCUT2D eigenvalue weighted by Crippen LogP contribution is 2.32. The monoisotopic (exact) mass is 275 g/mol. The first kappa shape index (κ1) is 15.3. The molecule has 2 rings (SSSR count). The molecule has 1 aromatic rings. The molecule has 2 heterocycles. The zero-order chi connectivity index (χ0) is 14.6. The molecule has 1 aliphatic heterocycles. The Kier molecular flexibility index (Phi) is 5.03. The van der Waals surface area contributed by atoms with Gasteiger partial charge in [0.05, 0.1) is 0 Å². The van der Waals surface area contributed by atoms with Crippen LogP contribution in [0.3, 0.4) is 0 Å². The molecule has 1 saturated heterocycles. The Hall–Kier alpha value is -1.09. The number of aryl methyl sites for hydroxylation is 1. The molecule has 1 N–H and O–H groups in total. The van der Waals surface area contributed by atoms with Gasteiger partial charge in [-0.25, -0.2) is 0 Å². The molecule has 3 heteroatoms. The van der Waals surface area contributed by atoms with Crippen LogP contribution in [0.5, 0.6) is 0 Å². The van der Waals surface area contributed by atoms with Crippen LogP contribution in [-0.4, -0.2) is 24.6 Å². The van der Waals surface area contributed by atoms with Gasteiger partial charge in [-0.3, -0.25) is 4.98 Å². The van der Waals surface area contributed by atoms with E-state index in [1.807, 2.05) is 6.20 Å². The molecule has 0 bridgehead atoms. The van der Waals surface area contributed by atoms with E-state index < -0.39 is 0 Å². The second-order valence-corrected chi connectivity index (χ2v) is 6.74. The summed E-state index contributed by atoms with van der Waals surface area (Å²) in [7, 11) is 0. The Balaban J connectivity index is 2.19. The molecule has 0 saturated carbocycles. The highest BCUT2D eigenvalue weighted by molar-refractivity contribution is 5.53. The van der Waals surface area contributed by atoms with Crippen LogP contribution in [0.15, 0.2) is 12.3 Å². The molecule has 0 radical (unpaired) electrons. The lowest BCUT2D eigenvalue weighted by atomic mass is 9.85. The Morgan fingerprint density at radius 3 is 2.85 bits per heavy atom. The Bertz CT molecular complexity index is 440. The van der Waals surface area contributed by atoms with Gasteiger partial charge in [-0.05, 0) is 44.2 Å². The SMILES string of the molecule is CCNCc1cnc(C)cc1N1CCCC(C)(C)CC1. The van der Waals surface area contributed by atoms with Crippen LogP contribution >= 0.6 is 0 Å². The summed E-state index contributed by atoms with van der Waals surface area (Å²) >= 11 is 0. The molecule has 1 aliphatic rings. The van der Waals surface area contributed by atoms with Gasteiger partial charge in [0.15, 0.2) is 0 Å². The summed E-state index contributed by atoms with van der Waals surface area (Å²) < 4.78 is 0. The van der Waals surface area contributed by atoms with Crippen molar-refractivity contribution >= 4 is 5.69 Å². The van der Waals surface area contributed by atoms with Crippen molar-refractivity contribution in [3.63, 3.8) is 0 Å². The molecule has 1 fully saturated rings. The van der Waals surface area contributed by atoms with Crippen LogP contribution in [0.25, 0.3) is 0 Å². The van der Waals surface area contributed by atoms with Crippen molar-refractivity contribution < 1.29 is 0 Å². The number of hydrogen-bond donors (Lipinski definition) is 1. The van der Waals surface area contributed by atoms with Gasteiger partial charge in [0.25, 0.3) is 0 Å². The number of rotatable bonds is 4. The van der Waals surface area contributed by atoms with Crippen molar-refractivity contribution in [2.75, 3.05) is 24.5 Å². The van der Waals surface area contributed by atoms with E-state index in [9.17, 15) is 0 Å². The van der Waals surface area contributed by atoms with Crippen LogP contribution in [0.1, 0.15) is 51.3 Å². The summed E-state index contributed by atoms with van der Waals surface area (Å²) in [5.41, 5.74) is 4.32. The fraction of sp³-hybridized carbons (Fsp3) is 0.706. The minimum absolute atomic E-state index is 0.485. The predicted molar refractivity (Wildman–Crippen MR) is 86.2 cm³/mol. The third kappa shape index (κ3) is 3.95. The van der Waals surface area contributed by atoms with Crippen molar-refractivity contribution in [2.24, 2.45) is 5.41 Å². The zero-order valence-corrected chi connectivity index (χ0v) is 13.5. The van der Waals surface area contributed by atoms with Crippen LogP contribution in [0.4, 0.5) is 5.69 Å². The number of nitrogens with zero attached hydrogens (tertiary/aromatic N) is 2. The van der Waals surface area contributed by atoms with Crippen LogP contribution in [0.2, 0.25) is 0 Å². The summed E-state index contributed by atoms with van der Waals surface area (Å²) in [4.78, 5) is 7.04. The summed E-state index contributed by atoms with van der Waals surface area (Å²) in [5.74, 6) is 0. The average Bonchev–Trinajstić information content (AvgIpc) is 2.58. The molecule has 0 amide bonds. The van der Waals surface area contributed by atoms with E-state index in [0.717, 1.165) is 25.3 Å². The molecule has 0 spiro atoms. The quantitative estimate of drug-likeness (QED) is 0.911. The lowest BCUT2D eigenvalue weighted by Crippen LogP contribution is -2.27. The Morgan fingerprint density at radius 2 is 2.10 bits per heavy atom. The molecule has 112 valence electrons. The van der Waals surface area contributed by atoms with Crippen LogP contribution in [-0.2, 0) is 6.54 Å². The molecule has 3 nitrogen and oxygen atoms in total. The first-order valence-electron chi connectivity index (χ1n) is 7.93. The largest absolute Gasteiger partial charge is 0.371 e. The first-order chi connectivity index (χ1) is 9.52. The van der Waals surface area contributed by atoms with Crippen molar-refractivity contribution in [3.05, 3.63) is 23.5 Å². The maximum Gasteiger partial charge on any atom is 0.0445 e. The topological polar surface area (TPSA) is 28.2 Å². The molecule has 1 aromatic heterocycles. The number of nitrogens with one attached hydrogen (secondary N) is 1. The van der Waals surface area contributed by atoms with Crippen molar-refractivity contribution in [2.45, 2.75) is 53.5 Å². The lowest BCUT2D eigenvalue weighted by Gasteiger charge is -2.27. The van der Waals surface area contributed by atoms with Gasteiger partial charge in [-0.2, -0.15) is 0 Å². The smallest absolute Gasteiger partial charge is 0.0445 e. The average molecular weight is 275 g/mol. The normalized spacial score (nSPS) is 18.9. The minimum atomic E-state index is 0.485. The van der Waals surface area contributed by atoms with Crippen molar-refractivity contribution in [1.29, 1.82) is 0 Å². The van der Waals surface area contributed by atoms with Crippen molar-refractivity contribution in [3.8, 4) is 0 Å². The standard InChI is InChI=1S/C17H29N3/c1-5-18-12-15-13-19-14(2)11-16(15)20-9-6-7-17(3,4)8-10-20/h11,13,18H,5-10,12H2,1-4H3. The molecule has 0 aliphatic carbocycles.